The predicted octanol–water partition coefficient (Wildman–Crippen LogP) is 4.40. The third-order valence-corrected chi connectivity index (χ3v) is 5.42. The molecule has 6 heteroatoms. The smallest absolute Gasteiger partial charge is 0.322 e. The summed E-state index contributed by atoms with van der Waals surface area (Å²) in [6.45, 7) is 4.74. The third-order valence-electron chi connectivity index (χ3n) is 4.49. The number of ether oxygens (including phenoxy) is 2. The van der Waals surface area contributed by atoms with Gasteiger partial charge in [0.25, 0.3) is 0 Å². The molecule has 0 bridgehead atoms. The molecule has 0 radical (unpaired) electrons. The standard InChI is InChI=1S/C20H26N2O3S/c1-2-25-18-7-5-16(6-8-18)21-20(23)22(17-10-13-24-14-11-17)12-9-19-4-3-15-26-19/h3-8,15,17H,2,9-14H2,1H3,(H,21,23). The van der Waals surface area contributed by atoms with Gasteiger partial charge in [-0.3, -0.25) is 0 Å². The van der Waals surface area contributed by atoms with Gasteiger partial charge in [-0.15, -0.1) is 11.3 Å². The molecule has 2 heterocycles. The summed E-state index contributed by atoms with van der Waals surface area (Å²) in [5.74, 6) is 0.810. The lowest BCUT2D eigenvalue weighted by molar-refractivity contribution is 0.0484. The van der Waals surface area contributed by atoms with Gasteiger partial charge in [-0.05, 0) is 61.9 Å². The number of carbonyl (C=O) groups is 1. The number of nitrogens with zero attached hydrogens (tertiary/aromatic N) is 1. The fourth-order valence-corrected chi connectivity index (χ4v) is 3.83. The van der Waals surface area contributed by atoms with Crippen LogP contribution in [0.15, 0.2) is 41.8 Å². The largest absolute Gasteiger partial charge is 0.494 e. The van der Waals surface area contributed by atoms with E-state index < -0.39 is 0 Å². The molecule has 2 amide bonds. The van der Waals surface area contributed by atoms with Crippen molar-refractivity contribution in [3.05, 3.63) is 46.7 Å². The van der Waals surface area contributed by atoms with Gasteiger partial charge < -0.3 is 19.7 Å². The second kappa shape index (κ2) is 9.59. The van der Waals surface area contributed by atoms with Crippen LogP contribution < -0.4 is 10.1 Å². The summed E-state index contributed by atoms with van der Waals surface area (Å²) in [6.07, 6.45) is 2.66. The number of amides is 2. The molecular weight excluding hydrogens is 348 g/mol. The topological polar surface area (TPSA) is 50.8 Å². The van der Waals surface area contributed by atoms with Crippen LogP contribution in [-0.4, -0.2) is 43.3 Å². The lowest BCUT2D eigenvalue weighted by Crippen LogP contribution is -2.46. The summed E-state index contributed by atoms with van der Waals surface area (Å²) in [5.41, 5.74) is 0.784. The number of urea groups is 1. The van der Waals surface area contributed by atoms with E-state index in [2.05, 4.69) is 22.8 Å². The van der Waals surface area contributed by atoms with Crippen molar-refractivity contribution in [3.63, 3.8) is 0 Å². The average Bonchev–Trinajstić information content (AvgIpc) is 3.18. The zero-order chi connectivity index (χ0) is 18.2. The molecule has 1 fully saturated rings. The number of hydrogen-bond donors (Lipinski definition) is 1. The average molecular weight is 375 g/mol. The molecule has 0 unspecified atom stereocenters. The van der Waals surface area contributed by atoms with E-state index in [1.807, 2.05) is 36.1 Å². The van der Waals surface area contributed by atoms with Gasteiger partial charge in [0, 0.05) is 36.4 Å². The number of carbonyl (C=O) groups excluding carboxylic acids is 1. The first-order chi connectivity index (χ1) is 12.8. The minimum Gasteiger partial charge on any atom is -0.494 e. The Balaban J connectivity index is 1.64. The summed E-state index contributed by atoms with van der Waals surface area (Å²) < 4.78 is 10.9. The summed E-state index contributed by atoms with van der Waals surface area (Å²) in [6, 6.07) is 11.9. The lowest BCUT2D eigenvalue weighted by atomic mass is 10.1. The van der Waals surface area contributed by atoms with Gasteiger partial charge >= 0.3 is 6.03 Å². The van der Waals surface area contributed by atoms with Crippen molar-refractivity contribution in [2.75, 3.05) is 31.7 Å². The number of thiophene rings is 1. The Morgan fingerprint density at radius 2 is 2.04 bits per heavy atom. The maximum Gasteiger partial charge on any atom is 0.322 e. The highest BCUT2D eigenvalue weighted by molar-refractivity contribution is 7.09. The zero-order valence-electron chi connectivity index (χ0n) is 15.1. The Morgan fingerprint density at radius 3 is 2.69 bits per heavy atom. The molecule has 2 aromatic rings. The zero-order valence-corrected chi connectivity index (χ0v) is 16.0. The molecule has 3 rings (SSSR count). The van der Waals surface area contributed by atoms with E-state index in [1.165, 1.54) is 4.88 Å². The Bertz CT molecular complexity index is 667. The molecule has 0 aliphatic carbocycles. The maximum absolute atomic E-state index is 12.9. The van der Waals surface area contributed by atoms with Gasteiger partial charge in [-0.25, -0.2) is 4.79 Å². The minimum atomic E-state index is -0.0439. The minimum absolute atomic E-state index is 0.0439. The summed E-state index contributed by atoms with van der Waals surface area (Å²) in [7, 11) is 0. The van der Waals surface area contributed by atoms with Crippen LogP contribution in [0.2, 0.25) is 0 Å². The molecule has 0 spiro atoms. The van der Waals surface area contributed by atoms with Gasteiger partial charge in [0.1, 0.15) is 5.75 Å². The molecule has 1 aromatic heterocycles. The van der Waals surface area contributed by atoms with E-state index in [-0.39, 0.29) is 12.1 Å². The molecule has 1 aromatic carbocycles. The Hall–Kier alpha value is -2.05. The summed E-state index contributed by atoms with van der Waals surface area (Å²) in [4.78, 5) is 16.2. The highest BCUT2D eigenvalue weighted by Crippen LogP contribution is 2.20. The van der Waals surface area contributed by atoms with Crippen LogP contribution in [0.3, 0.4) is 0 Å². The van der Waals surface area contributed by atoms with Crippen molar-refractivity contribution in [2.45, 2.75) is 32.2 Å². The SMILES string of the molecule is CCOc1ccc(NC(=O)N(CCc2cccs2)C2CCOCC2)cc1. The van der Waals surface area contributed by atoms with E-state index in [0.717, 1.165) is 43.9 Å². The highest BCUT2D eigenvalue weighted by atomic mass is 32.1. The normalized spacial score (nSPS) is 14.8. The van der Waals surface area contributed by atoms with Crippen LogP contribution in [-0.2, 0) is 11.2 Å². The van der Waals surface area contributed by atoms with E-state index in [0.29, 0.717) is 13.2 Å². The van der Waals surface area contributed by atoms with Crippen molar-refractivity contribution in [1.82, 2.24) is 4.90 Å². The number of anilines is 1. The summed E-state index contributed by atoms with van der Waals surface area (Å²) in [5, 5.41) is 5.11. The van der Waals surface area contributed by atoms with Crippen LogP contribution in [0.4, 0.5) is 10.5 Å². The molecule has 1 saturated heterocycles. The van der Waals surface area contributed by atoms with Crippen LogP contribution >= 0.6 is 11.3 Å². The molecule has 1 aliphatic heterocycles. The van der Waals surface area contributed by atoms with Crippen molar-refractivity contribution < 1.29 is 14.3 Å². The Morgan fingerprint density at radius 1 is 1.27 bits per heavy atom. The van der Waals surface area contributed by atoms with Crippen LogP contribution in [0, 0.1) is 0 Å². The molecular formula is C20H26N2O3S. The van der Waals surface area contributed by atoms with Crippen LogP contribution in [0.1, 0.15) is 24.6 Å². The number of hydrogen-bond acceptors (Lipinski definition) is 4. The van der Waals surface area contributed by atoms with Gasteiger partial charge in [0.05, 0.1) is 6.61 Å². The van der Waals surface area contributed by atoms with E-state index in [4.69, 9.17) is 9.47 Å². The quantitative estimate of drug-likeness (QED) is 0.781. The first kappa shape index (κ1) is 18.7. The first-order valence-corrected chi connectivity index (χ1v) is 10.0. The van der Waals surface area contributed by atoms with Crippen LogP contribution in [0.5, 0.6) is 5.75 Å². The first-order valence-electron chi connectivity index (χ1n) is 9.17. The lowest BCUT2D eigenvalue weighted by Gasteiger charge is -2.34. The fourth-order valence-electron chi connectivity index (χ4n) is 3.13. The Labute approximate surface area is 158 Å². The van der Waals surface area contributed by atoms with Crippen LogP contribution in [0.25, 0.3) is 0 Å². The van der Waals surface area contributed by atoms with E-state index in [1.54, 1.807) is 11.3 Å². The molecule has 5 nitrogen and oxygen atoms in total. The van der Waals surface area contributed by atoms with Gasteiger partial charge in [-0.1, -0.05) is 6.07 Å². The van der Waals surface area contributed by atoms with E-state index >= 15 is 0 Å². The molecule has 1 aliphatic rings. The maximum atomic E-state index is 12.9. The molecule has 140 valence electrons. The van der Waals surface area contributed by atoms with Crippen molar-refractivity contribution in [3.8, 4) is 5.75 Å². The Kier molecular flexibility index (Phi) is 6.91. The van der Waals surface area contributed by atoms with Gasteiger partial charge in [-0.2, -0.15) is 0 Å². The van der Waals surface area contributed by atoms with Crippen molar-refractivity contribution >= 4 is 23.1 Å². The molecule has 26 heavy (non-hydrogen) atoms. The third kappa shape index (κ3) is 5.22. The molecule has 1 N–H and O–H groups in total. The number of benzene rings is 1. The number of nitrogens with one attached hydrogen (secondary N) is 1. The second-order valence-electron chi connectivity index (χ2n) is 6.25. The second-order valence-corrected chi connectivity index (χ2v) is 7.29. The predicted molar refractivity (Wildman–Crippen MR) is 105 cm³/mol. The van der Waals surface area contributed by atoms with Gasteiger partial charge in [0.15, 0.2) is 0 Å². The molecule has 0 atom stereocenters. The van der Waals surface area contributed by atoms with Crippen molar-refractivity contribution in [2.24, 2.45) is 0 Å². The monoisotopic (exact) mass is 374 g/mol. The van der Waals surface area contributed by atoms with Gasteiger partial charge in [0.2, 0.25) is 0 Å². The fraction of sp³-hybridized carbons (Fsp3) is 0.450. The molecule has 0 saturated carbocycles. The van der Waals surface area contributed by atoms with E-state index in [9.17, 15) is 4.79 Å². The van der Waals surface area contributed by atoms with Crippen molar-refractivity contribution in [1.29, 1.82) is 0 Å². The highest BCUT2D eigenvalue weighted by Gasteiger charge is 2.25. The summed E-state index contributed by atoms with van der Waals surface area (Å²) >= 11 is 1.74. The number of rotatable bonds is 7.